The summed E-state index contributed by atoms with van der Waals surface area (Å²) in [5, 5.41) is 14.9. The minimum Gasteiger partial charge on any atom is -0.289 e. The molecule has 0 aliphatic heterocycles. The number of hydrogen-bond donors (Lipinski definition) is 0. The Balaban J connectivity index is 0.000000111. The summed E-state index contributed by atoms with van der Waals surface area (Å²) < 4.78 is 6.34. The monoisotopic (exact) mass is 1800 g/mol. The molecule has 12 heteroatoms. The van der Waals surface area contributed by atoms with Gasteiger partial charge in [0, 0.05) is 46.1 Å². The third-order valence-electron chi connectivity index (χ3n) is 26.9. The molecule has 0 fully saturated rings. The average molecular weight is 1800 g/mol. The number of fused-ring (bicyclic) bond motifs is 9. The zero-order valence-corrected chi connectivity index (χ0v) is 76.4. The maximum atomic E-state index is 4.91. The van der Waals surface area contributed by atoms with E-state index in [9.17, 15) is 0 Å². The van der Waals surface area contributed by atoms with E-state index in [1.165, 1.54) is 131 Å². The molecule has 0 aliphatic rings. The van der Waals surface area contributed by atoms with E-state index in [4.69, 9.17) is 15.0 Å². The second-order valence-electron chi connectivity index (χ2n) is 35.1. The van der Waals surface area contributed by atoms with Crippen LogP contribution in [-0.4, -0.2) is 58.6 Å². The Labute approximate surface area is 813 Å². The number of rotatable bonds is 15. The van der Waals surface area contributed by atoms with Crippen molar-refractivity contribution in [3.63, 3.8) is 0 Å². The van der Waals surface area contributed by atoms with Gasteiger partial charge in [-0.1, -0.05) is 419 Å². The Morgan fingerprint density at radius 2 is 0.418 bits per heavy atom. The van der Waals surface area contributed by atoms with Crippen molar-refractivity contribution in [1.29, 1.82) is 0 Å². The first-order chi connectivity index (χ1) is 70.0. The van der Waals surface area contributed by atoms with E-state index in [2.05, 4.69) is 462 Å². The molecule has 12 nitrogen and oxygen atoms in total. The second kappa shape index (κ2) is 36.6. The highest BCUT2D eigenvalue weighted by Gasteiger charge is 2.26. The van der Waals surface area contributed by atoms with Gasteiger partial charge in [-0.2, -0.15) is 0 Å². The number of aromatic nitrogens is 12. The molecule has 0 radical (unpaired) electrons. The second-order valence-corrected chi connectivity index (χ2v) is 35.1. The highest BCUT2D eigenvalue weighted by atomic mass is 15.2. The molecular formula is C129H84N12. The number of nitrogens with zero attached hydrogens (tertiary/aromatic N) is 12. The zero-order chi connectivity index (χ0) is 93.5. The maximum Gasteiger partial charge on any atom is 0.198 e. The van der Waals surface area contributed by atoms with E-state index in [1.54, 1.807) is 31.2 Å². The molecule has 0 N–H and O–H groups in total. The summed E-state index contributed by atoms with van der Waals surface area (Å²) in [4.78, 5) is 41.4. The summed E-state index contributed by atoms with van der Waals surface area (Å²) in [6, 6.07) is 168. The Morgan fingerprint density at radius 3 is 0.766 bits per heavy atom. The Kier molecular flexibility index (Phi) is 21.7. The van der Waals surface area contributed by atoms with Crippen molar-refractivity contribution in [2.45, 2.75) is 0 Å². The van der Waals surface area contributed by atoms with E-state index in [1.807, 2.05) is 60.8 Å². The van der Waals surface area contributed by atoms with Gasteiger partial charge in [0.1, 0.15) is 41.2 Å². The van der Waals surface area contributed by atoms with Gasteiger partial charge in [-0.15, -0.1) is 0 Å². The van der Waals surface area contributed by atoms with Crippen molar-refractivity contribution in [1.82, 2.24) is 58.6 Å². The molecule has 0 aliphatic carbocycles. The molecule has 6 aromatic heterocycles. The van der Waals surface area contributed by atoms with Crippen molar-refractivity contribution < 1.29 is 0 Å². The predicted molar refractivity (Wildman–Crippen MR) is 580 cm³/mol. The zero-order valence-electron chi connectivity index (χ0n) is 76.4. The van der Waals surface area contributed by atoms with Crippen LogP contribution in [0.15, 0.2) is 511 Å². The molecule has 0 spiro atoms. The van der Waals surface area contributed by atoms with Gasteiger partial charge < -0.3 is 0 Å². The number of hydrogen-bond acceptors (Lipinski definition) is 9. The van der Waals surface area contributed by atoms with Crippen molar-refractivity contribution in [3.8, 4) is 151 Å². The third-order valence-corrected chi connectivity index (χ3v) is 26.9. The largest absolute Gasteiger partial charge is 0.289 e. The summed E-state index contributed by atoms with van der Waals surface area (Å²) in [6.07, 6.45) is 10.1. The minimum atomic E-state index is 0.625. The molecule has 6 heterocycles. The molecular weight excluding hydrogens is 1720 g/mol. The van der Waals surface area contributed by atoms with Gasteiger partial charge >= 0.3 is 0 Å². The Bertz CT molecular complexity index is 8470. The average Bonchev–Trinajstić information content (AvgIpc) is 1.59. The topological polar surface area (TPSA) is 131 Å². The highest BCUT2D eigenvalue weighted by Crippen LogP contribution is 2.50. The van der Waals surface area contributed by atoms with Crippen LogP contribution in [0.3, 0.4) is 0 Å². The summed E-state index contributed by atoms with van der Waals surface area (Å²) >= 11 is 0. The quantitative estimate of drug-likeness (QED) is 0.0921. The van der Waals surface area contributed by atoms with Crippen molar-refractivity contribution in [3.05, 3.63) is 511 Å². The van der Waals surface area contributed by atoms with Gasteiger partial charge in [-0.05, 0) is 219 Å². The van der Waals surface area contributed by atoms with Crippen LogP contribution >= 0.6 is 0 Å². The van der Waals surface area contributed by atoms with Crippen LogP contribution in [0.1, 0.15) is 0 Å². The molecule has 0 atom stereocenters. The maximum absolute atomic E-state index is 4.91. The lowest BCUT2D eigenvalue weighted by atomic mass is 9.85. The standard InChI is InChI=1S/3C43H28N4/c1-4-12-30(13-5-1)40-35-18-10-11-19-36(35)41(31-14-6-2-7-15-31)38-26-33(22-25-37(38)40)29-20-23-34(24-21-29)47-39-27-44-28-45-42(39)46-43(47)32-16-8-3-9-17-32;1-4-12-30(13-5-1)40-35-18-10-11-19-36(35)41(31-14-6-2-7-15-31)38-26-33(22-25-37(38)40)29-20-23-34(24-21-29)47-42(32-16-8-3-9-17-32)46-39-27-44-28-45-43(39)47;1-4-12-30(13-5-1)39-35-18-10-11-19-36(35)40(31-14-6-2-7-15-31)38-28-33(22-25-37(38)39)29-20-23-34(24-21-29)47-42(32-16-8-3-9-17-32)46-41-43(47)45-27-26-44-41/h3*1-28H. The molecule has 0 bridgehead atoms. The van der Waals surface area contributed by atoms with Crippen LogP contribution < -0.4 is 0 Å². The summed E-state index contributed by atoms with van der Waals surface area (Å²) in [7, 11) is 0. The highest BCUT2D eigenvalue weighted by molar-refractivity contribution is 6.25. The van der Waals surface area contributed by atoms with E-state index in [0.29, 0.717) is 11.3 Å². The van der Waals surface area contributed by atoms with E-state index in [0.717, 1.165) is 107 Å². The normalized spacial score (nSPS) is 11.4. The van der Waals surface area contributed by atoms with Crippen LogP contribution in [0, 0.1) is 0 Å². The molecule has 0 saturated heterocycles. The van der Waals surface area contributed by atoms with Gasteiger partial charge in [-0.3, -0.25) is 13.7 Å². The molecule has 27 rings (SSSR count). The lowest BCUT2D eigenvalue weighted by molar-refractivity contribution is 1.07. The minimum absolute atomic E-state index is 0.625. The molecule has 0 unspecified atom stereocenters. The predicted octanol–water partition coefficient (Wildman–Crippen LogP) is 32.4. The third kappa shape index (κ3) is 15.5. The molecule has 21 aromatic carbocycles. The Morgan fingerprint density at radius 1 is 0.163 bits per heavy atom. The molecule has 27 aromatic rings. The van der Waals surface area contributed by atoms with Crippen LogP contribution in [0.2, 0.25) is 0 Å². The fourth-order valence-corrected chi connectivity index (χ4v) is 20.5. The van der Waals surface area contributed by atoms with Crippen LogP contribution in [0.25, 0.3) is 250 Å². The van der Waals surface area contributed by atoms with Crippen molar-refractivity contribution >= 4 is 98.3 Å². The fourth-order valence-electron chi connectivity index (χ4n) is 20.5. The first-order valence-corrected chi connectivity index (χ1v) is 47.3. The fraction of sp³-hybridized carbons (Fsp3) is 0. The van der Waals surface area contributed by atoms with E-state index < -0.39 is 0 Å². The van der Waals surface area contributed by atoms with Crippen LogP contribution in [0.4, 0.5) is 0 Å². The Hall–Kier alpha value is -19.2. The van der Waals surface area contributed by atoms with Gasteiger partial charge in [0.2, 0.25) is 0 Å². The molecule has 660 valence electrons. The number of benzene rings is 21. The van der Waals surface area contributed by atoms with Crippen LogP contribution in [-0.2, 0) is 0 Å². The SMILES string of the molecule is c1ccc(-c2c3ccccc3c(-c3ccccc3)c3cc(-c4ccc(-n5c(-c6ccccc6)nc6cncnc65)cc4)ccc23)cc1.c1ccc(-c2c3ccccc3c(-c3ccccc3)c3cc(-c4ccc(-n5c(-c6ccccc6)nc6nccnc65)cc4)ccc23)cc1.c1ccc(-c2c3ccccc3c(-c3ccccc3)c3cc(-c4ccc(-n5c(-c6ccccc6)nc6ncncc65)cc4)ccc23)cc1. The van der Waals surface area contributed by atoms with Gasteiger partial charge in [0.05, 0.1) is 12.4 Å². The number of imidazole rings is 3. The van der Waals surface area contributed by atoms with Crippen LogP contribution in [0.5, 0.6) is 0 Å². The first-order valence-electron chi connectivity index (χ1n) is 47.3. The summed E-state index contributed by atoms with van der Waals surface area (Å²) in [5.74, 6) is 2.50. The summed E-state index contributed by atoms with van der Waals surface area (Å²) in [6.45, 7) is 0. The van der Waals surface area contributed by atoms with Gasteiger partial charge in [0.25, 0.3) is 0 Å². The first kappa shape index (κ1) is 83.6. The molecule has 0 amide bonds. The van der Waals surface area contributed by atoms with E-state index in [-0.39, 0.29) is 0 Å². The summed E-state index contributed by atoms with van der Waals surface area (Å²) in [5.41, 5.74) is 32.3. The molecule has 141 heavy (non-hydrogen) atoms. The lowest BCUT2D eigenvalue weighted by Crippen LogP contribution is -1.99. The molecule has 0 saturated carbocycles. The van der Waals surface area contributed by atoms with Gasteiger partial charge in [-0.25, -0.2) is 44.9 Å². The van der Waals surface area contributed by atoms with Crippen molar-refractivity contribution in [2.24, 2.45) is 0 Å². The van der Waals surface area contributed by atoms with Gasteiger partial charge in [0.15, 0.2) is 22.6 Å². The van der Waals surface area contributed by atoms with E-state index >= 15 is 0 Å². The smallest absolute Gasteiger partial charge is 0.198 e. The van der Waals surface area contributed by atoms with Crippen molar-refractivity contribution in [2.75, 3.05) is 0 Å². The lowest BCUT2D eigenvalue weighted by Gasteiger charge is -2.19.